The Hall–Kier alpha value is -2.57. The second-order valence-corrected chi connectivity index (χ2v) is 5.57. The maximum Gasteiger partial charge on any atom is 0.194 e. The summed E-state index contributed by atoms with van der Waals surface area (Å²) in [6.45, 7) is 4.52. The van der Waals surface area contributed by atoms with Gasteiger partial charge >= 0.3 is 0 Å². The summed E-state index contributed by atoms with van der Waals surface area (Å²) in [4.78, 5) is 9.09. The molecule has 0 atom stereocenters. The van der Waals surface area contributed by atoms with Crippen LogP contribution in [0.3, 0.4) is 0 Å². The molecule has 1 saturated heterocycles. The van der Waals surface area contributed by atoms with Gasteiger partial charge in [0.15, 0.2) is 11.8 Å². The number of aliphatic imine (C=N–C) groups is 1. The van der Waals surface area contributed by atoms with Crippen LogP contribution in [0.4, 0.5) is 5.69 Å². The molecule has 0 amide bonds. The first kappa shape index (κ1) is 15.3. The summed E-state index contributed by atoms with van der Waals surface area (Å²) in [5.41, 5.74) is 1.29. The number of piperazine rings is 1. The quantitative estimate of drug-likeness (QED) is 0.668. The molecule has 1 fully saturated rings. The molecule has 3 rings (SSSR count). The summed E-state index contributed by atoms with van der Waals surface area (Å²) < 4.78 is 1.91. The molecule has 0 saturated carbocycles. The lowest BCUT2D eigenvalue weighted by Gasteiger charge is -2.37. The van der Waals surface area contributed by atoms with Crippen LogP contribution in [0, 0.1) is 0 Å². The smallest absolute Gasteiger partial charge is 0.194 e. The van der Waals surface area contributed by atoms with E-state index in [0.717, 1.165) is 38.0 Å². The molecule has 23 heavy (non-hydrogen) atoms. The highest BCUT2D eigenvalue weighted by atomic mass is 15.4. The highest BCUT2D eigenvalue weighted by Crippen LogP contribution is 2.15. The second kappa shape index (κ2) is 7.13. The third kappa shape index (κ3) is 3.61. The Balaban J connectivity index is 1.54. The summed E-state index contributed by atoms with van der Waals surface area (Å²) in [6.07, 6.45) is 1.71. The molecule has 0 unspecified atom stereocenters. The van der Waals surface area contributed by atoms with Crippen LogP contribution in [0.1, 0.15) is 5.82 Å². The van der Waals surface area contributed by atoms with E-state index < -0.39 is 0 Å². The molecule has 7 heteroatoms. The van der Waals surface area contributed by atoms with E-state index in [1.807, 2.05) is 18.7 Å². The van der Waals surface area contributed by atoms with E-state index in [-0.39, 0.29) is 0 Å². The molecule has 1 aliphatic rings. The Morgan fingerprint density at radius 2 is 1.91 bits per heavy atom. The lowest BCUT2D eigenvalue weighted by atomic mass is 10.2. The first-order valence-corrected chi connectivity index (χ1v) is 7.86. The van der Waals surface area contributed by atoms with Gasteiger partial charge in [0.05, 0.1) is 6.54 Å². The van der Waals surface area contributed by atoms with Gasteiger partial charge in [-0.15, -0.1) is 10.2 Å². The van der Waals surface area contributed by atoms with E-state index in [9.17, 15) is 0 Å². The number of rotatable bonds is 3. The van der Waals surface area contributed by atoms with Gasteiger partial charge in [-0.2, -0.15) is 0 Å². The fourth-order valence-corrected chi connectivity index (χ4v) is 2.77. The van der Waals surface area contributed by atoms with Crippen LogP contribution in [0.15, 0.2) is 41.7 Å². The van der Waals surface area contributed by atoms with Gasteiger partial charge in [0.25, 0.3) is 0 Å². The molecule has 0 spiro atoms. The predicted octanol–water partition coefficient (Wildman–Crippen LogP) is 0.713. The van der Waals surface area contributed by atoms with E-state index >= 15 is 0 Å². The number of nitrogens with one attached hydrogen (secondary N) is 1. The van der Waals surface area contributed by atoms with Gasteiger partial charge in [-0.25, -0.2) is 0 Å². The first-order chi connectivity index (χ1) is 11.3. The number of anilines is 1. The van der Waals surface area contributed by atoms with Crippen LogP contribution >= 0.6 is 0 Å². The molecule has 2 aromatic rings. The number of aryl methyl sites for hydroxylation is 1. The molecule has 122 valence electrons. The summed E-state index contributed by atoms with van der Waals surface area (Å²) >= 11 is 0. The van der Waals surface area contributed by atoms with E-state index in [1.54, 1.807) is 6.33 Å². The van der Waals surface area contributed by atoms with Crippen molar-refractivity contribution in [2.45, 2.75) is 6.54 Å². The number of guanidine groups is 1. The minimum atomic E-state index is 0.627. The lowest BCUT2D eigenvalue weighted by Crippen LogP contribution is -2.52. The molecule has 1 N–H and O–H groups in total. The first-order valence-electron chi connectivity index (χ1n) is 7.86. The van der Waals surface area contributed by atoms with Crippen molar-refractivity contribution >= 4 is 11.6 Å². The standard InChI is InChI=1S/C16H23N7/c1-17-16(18-12-15-20-19-13-21(15)2)23-10-8-22(9-11-23)14-6-4-3-5-7-14/h3-7,13H,8-12H2,1-2H3,(H,17,18). The zero-order valence-corrected chi connectivity index (χ0v) is 13.7. The fraction of sp³-hybridized carbons (Fsp3) is 0.438. The number of nitrogens with zero attached hydrogens (tertiary/aromatic N) is 6. The van der Waals surface area contributed by atoms with E-state index in [1.165, 1.54) is 5.69 Å². The molecule has 1 aromatic heterocycles. The number of hydrogen-bond acceptors (Lipinski definition) is 4. The van der Waals surface area contributed by atoms with Crippen molar-refractivity contribution in [3.63, 3.8) is 0 Å². The van der Waals surface area contributed by atoms with Crippen molar-refractivity contribution in [1.29, 1.82) is 0 Å². The van der Waals surface area contributed by atoms with Crippen molar-refractivity contribution in [2.75, 3.05) is 38.1 Å². The Labute approximate surface area is 136 Å². The topological polar surface area (TPSA) is 61.6 Å². The van der Waals surface area contributed by atoms with Gasteiger partial charge in [-0.3, -0.25) is 4.99 Å². The number of benzene rings is 1. The normalized spacial score (nSPS) is 15.8. The summed E-state index contributed by atoms with van der Waals surface area (Å²) in [5, 5.41) is 11.4. The Bertz CT molecular complexity index is 641. The van der Waals surface area contributed by atoms with Crippen LogP contribution in [-0.2, 0) is 13.6 Å². The second-order valence-electron chi connectivity index (χ2n) is 5.57. The molecular formula is C16H23N7. The Morgan fingerprint density at radius 1 is 1.17 bits per heavy atom. The van der Waals surface area contributed by atoms with Gasteiger partial charge in [0.2, 0.25) is 0 Å². The summed E-state index contributed by atoms with van der Waals surface area (Å²) in [5.74, 6) is 1.81. The van der Waals surface area contributed by atoms with E-state index in [4.69, 9.17) is 0 Å². The predicted molar refractivity (Wildman–Crippen MR) is 91.4 cm³/mol. The SMILES string of the molecule is CN=C(NCc1nncn1C)N1CCN(c2ccccc2)CC1. The number of para-hydroxylation sites is 1. The van der Waals surface area contributed by atoms with Gasteiger partial charge in [-0.1, -0.05) is 18.2 Å². The van der Waals surface area contributed by atoms with Crippen molar-refractivity contribution < 1.29 is 0 Å². The van der Waals surface area contributed by atoms with Crippen LogP contribution in [-0.4, -0.2) is 58.9 Å². The van der Waals surface area contributed by atoms with Crippen molar-refractivity contribution in [3.8, 4) is 0 Å². The molecule has 0 radical (unpaired) electrons. The highest BCUT2D eigenvalue weighted by molar-refractivity contribution is 5.80. The largest absolute Gasteiger partial charge is 0.368 e. The van der Waals surface area contributed by atoms with Gasteiger partial charge in [0, 0.05) is 46.0 Å². The average molecular weight is 313 g/mol. The molecular weight excluding hydrogens is 290 g/mol. The Morgan fingerprint density at radius 3 is 2.52 bits per heavy atom. The highest BCUT2D eigenvalue weighted by Gasteiger charge is 2.19. The average Bonchev–Trinajstić information content (AvgIpc) is 3.02. The molecule has 7 nitrogen and oxygen atoms in total. The van der Waals surface area contributed by atoms with Gasteiger partial charge in [-0.05, 0) is 12.1 Å². The number of aromatic nitrogens is 3. The molecule has 1 aromatic carbocycles. The van der Waals surface area contributed by atoms with Crippen molar-refractivity contribution in [1.82, 2.24) is 25.0 Å². The lowest BCUT2D eigenvalue weighted by molar-refractivity contribution is 0.372. The fourth-order valence-electron chi connectivity index (χ4n) is 2.77. The van der Waals surface area contributed by atoms with Crippen molar-refractivity contribution in [3.05, 3.63) is 42.5 Å². The summed E-state index contributed by atoms with van der Waals surface area (Å²) in [6, 6.07) is 10.6. The maximum atomic E-state index is 4.39. The zero-order chi connectivity index (χ0) is 16.1. The maximum absolute atomic E-state index is 4.39. The van der Waals surface area contributed by atoms with Crippen LogP contribution in [0.25, 0.3) is 0 Å². The minimum absolute atomic E-state index is 0.627. The van der Waals surface area contributed by atoms with Crippen LogP contribution in [0.5, 0.6) is 0 Å². The molecule has 1 aliphatic heterocycles. The van der Waals surface area contributed by atoms with Crippen LogP contribution in [0.2, 0.25) is 0 Å². The van der Waals surface area contributed by atoms with Gasteiger partial charge < -0.3 is 19.7 Å². The van der Waals surface area contributed by atoms with Crippen molar-refractivity contribution in [2.24, 2.45) is 12.0 Å². The zero-order valence-electron chi connectivity index (χ0n) is 13.7. The third-order valence-electron chi connectivity index (χ3n) is 4.12. The Kier molecular flexibility index (Phi) is 4.75. The molecule has 0 aliphatic carbocycles. The third-order valence-corrected chi connectivity index (χ3v) is 4.12. The van der Waals surface area contributed by atoms with Crippen LogP contribution < -0.4 is 10.2 Å². The van der Waals surface area contributed by atoms with Gasteiger partial charge in [0.1, 0.15) is 6.33 Å². The summed E-state index contributed by atoms with van der Waals surface area (Å²) in [7, 11) is 3.76. The van der Waals surface area contributed by atoms with E-state index in [2.05, 4.69) is 60.6 Å². The molecule has 2 heterocycles. The number of hydrogen-bond donors (Lipinski definition) is 1. The monoisotopic (exact) mass is 313 g/mol. The minimum Gasteiger partial charge on any atom is -0.368 e. The van der Waals surface area contributed by atoms with E-state index in [0.29, 0.717) is 6.54 Å². The molecule has 0 bridgehead atoms.